The Bertz CT molecular complexity index is 535. The number of halogens is 1. The van der Waals surface area contributed by atoms with Crippen molar-refractivity contribution in [1.29, 1.82) is 0 Å². The van der Waals surface area contributed by atoms with E-state index in [0.717, 1.165) is 11.3 Å². The van der Waals surface area contributed by atoms with E-state index in [2.05, 4.69) is 0 Å². The molecule has 0 fully saturated rings. The Hall–Kier alpha value is -1.51. The summed E-state index contributed by atoms with van der Waals surface area (Å²) in [5.41, 5.74) is 7.99. The van der Waals surface area contributed by atoms with Crippen LogP contribution in [0.1, 0.15) is 24.1 Å². The van der Waals surface area contributed by atoms with Crippen LogP contribution in [0, 0.1) is 6.92 Å². The fourth-order valence-electron chi connectivity index (χ4n) is 1.62. The molecular formula is C15H16ClNO. The summed E-state index contributed by atoms with van der Waals surface area (Å²) in [6.45, 7) is 3.96. The number of hydrogen-bond donors (Lipinski definition) is 1. The molecule has 0 aliphatic rings. The van der Waals surface area contributed by atoms with E-state index in [1.54, 1.807) is 0 Å². The highest BCUT2D eigenvalue weighted by Gasteiger charge is 2.06. The highest BCUT2D eigenvalue weighted by atomic mass is 35.5. The maximum absolute atomic E-state index is 6.17. The van der Waals surface area contributed by atoms with E-state index in [1.165, 1.54) is 5.56 Å². The number of benzene rings is 2. The summed E-state index contributed by atoms with van der Waals surface area (Å²) in [4.78, 5) is 0. The smallest absolute Gasteiger partial charge is 0.146 e. The first-order valence-electron chi connectivity index (χ1n) is 5.86. The van der Waals surface area contributed by atoms with Crippen molar-refractivity contribution in [1.82, 2.24) is 0 Å². The fraction of sp³-hybridized carbons (Fsp3) is 0.200. The Balaban J connectivity index is 2.22. The van der Waals surface area contributed by atoms with Gasteiger partial charge in [-0.2, -0.15) is 0 Å². The van der Waals surface area contributed by atoms with Crippen molar-refractivity contribution in [2.45, 2.75) is 19.9 Å². The minimum atomic E-state index is -0.0316. The summed E-state index contributed by atoms with van der Waals surface area (Å²) in [5.74, 6) is 1.42. The predicted molar refractivity (Wildman–Crippen MR) is 75.3 cm³/mol. The van der Waals surface area contributed by atoms with Gasteiger partial charge in [0.25, 0.3) is 0 Å². The van der Waals surface area contributed by atoms with Crippen molar-refractivity contribution in [3.05, 3.63) is 58.6 Å². The van der Waals surface area contributed by atoms with Crippen molar-refractivity contribution < 1.29 is 4.74 Å². The second kappa shape index (κ2) is 5.42. The molecule has 3 heteroatoms. The van der Waals surface area contributed by atoms with Crippen LogP contribution in [0.5, 0.6) is 11.5 Å². The minimum absolute atomic E-state index is 0.0316. The van der Waals surface area contributed by atoms with Gasteiger partial charge in [-0.25, -0.2) is 0 Å². The molecule has 2 rings (SSSR count). The quantitative estimate of drug-likeness (QED) is 0.885. The van der Waals surface area contributed by atoms with Crippen LogP contribution in [0.2, 0.25) is 5.02 Å². The van der Waals surface area contributed by atoms with E-state index < -0.39 is 0 Å². The van der Waals surface area contributed by atoms with E-state index >= 15 is 0 Å². The van der Waals surface area contributed by atoms with Crippen molar-refractivity contribution in [2.24, 2.45) is 5.73 Å². The molecule has 0 saturated heterocycles. The number of aryl methyl sites for hydroxylation is 1. The van der Waals surface area contributed by atoms with Gasteiger partial charge in [-0.3, -0.25) is 0 Å². The van der Waals surface area contributed by atoms with Crippen LogP contribution >= 0.6 is 11.6 Å². The molecule has 1 atom stereocenters. The van der Waals surface area contributed by atoms with Gasteiger partial charge >= 0.3 is 0 Å². The number of rotatable bonds is 3. The van der Waals surface area contributed by atoms with Gasteiger partial charge in [-0.1, -0.05) is 35.4 Å². The third-order valence-electron chi connectivity index (χ3n) is 2.73. The van der Waals surface area contributed by atoms with Crippen molar-refractivity contribution >= 4 is 11.6 Å². The van der Waals surface area contributed by atoms with Gasteiger partial charge in [0, 0.05) is 6.04 Å². The first-order chi connectivity index (χ1) is 8.56. The molecule has 2 aromatic carbocycles. The van der Waals surface area contributed by atoms with Crippen LogP contribution in [-0.4, -0.2) is 0 Å². The van der Waals surface area contributed by atoms with E-state index in [4.69, 9.17) is 22.1 Å². The number of hydrogen-bond acceptors (Lipinski definition) is 2. The first-order valence-corrected chi connectivity index (χ1v) is 6.23. The van der Waals surface area contributed by atoms with E-state index in [1.807, 2.05) is 56.3 Å². The van der Waals surface area contributed by atoms with Crippen LogP contribution in [0.4, 0.5) is 0 Å². The summed E-state index contributed by atoms with van der Waals surface area (Å²) in [5, 5.41) is 0.574. The number of ether oxygens (including phenoxy) is 1. The van der Waals surface area contributed by atoms with Crippen LogP contribution in [0.25, 0.3) is 0 Å². The summed E-state index contributed by atoms with van der Waals surface area (Å²) in [6, 6.07) is 13.4. The SMILES string of the molecule is Cc1ccc(Oc2ccc([C@H](C)N)cc2Cl)cc1. The predicted octanol–water partition coefficient (Wildman–Crippen LogP) is 4.46. The van der Waals surface area contributed by atoms with Crippen molar-refractivity contribution in [2.75, 3.05) is 0 Å². The lowest BCUT2D eigenvalue weighted by atomic mass is 10.1. The Morgan fingerprint density at radius 2 is 1.78 bits per heavy atom. The minimum Gasteiger partial charge on any atom is -0.456 e. The molecule has 2 aromatic rings. The Morgan fingerprint density at radius 3 is 2.33 bits per heavy atom. The Morgan fingerprint density at radius 1 is 1.11 bits per heavy atom. The maximum Gasteiger partial charge on any atom is 0.146 e. The monoisotopic (exact) mass is 261 g/mol. The van der Waals surface area contributed by atoms with Crippen LogP contribution in [0.15, 0.2) is 42.5 Å². The molecule has 0 amide bonds. The first kappa shape index (κ1) is 12.9. The van der Waals surface area contributed by atoms with E-state index in [9.17, 15) is 0 Å². The number of nitrogens with two attached hydrogens (primary N) is 1. The average molecular weight is 262 g/mol. The molecule has 2 nitrogen and oxygen atoms in total. The van der Waals surface area contributed by atoms with Gasteiger partial charge in [0.15, 0.2) is 0 Å². The molecule has 0 aromatic heterocycles. The molecule has 0 spiro atoms. The lowest BCUT2D eigenvalue weighted by molar-refractivity contribution is 0.482. The highest BCUT2D eigenvalue weighted by molar-refractivity contribution is 6.32. The third kappa shape index (κ3) is 3.03. The molecule has 0 bridgehead atoms. The zero-order valence-electron chi connectivity index (χ0n) is 10.5. The molecule has 0 heterocycles. The Kier molecular flexibility index (Phi) is 3.90. The molecule has 18 heavy (non-hydrogen) atoms. The van der Waals surface area contributed by atoms with Gasteiger partial charge in [-0.15, -0.1) is 0 Å². The average Bonchev–Trinajstić information content (AvgIpc) is 2.34. The zero-order valence-corrected chi connectivity index (χ0v) is 11.2. The second-order valence-electron chi connectivity index (χ2n) is 4.39. The molecule has 0 aliphatic heterocycles. The van der Waals surface area contributed by atoms with Gasteiger partial charge in [0.2, 0.25) is 0 Å². The molecule has 0 unspecified atom stereocenters. The molecular weight excluding hydrogens is 246 g/mol. The molecule has 0 saturated carbocycles. The van der Waals surface area contributed by atoms with E-state index in [0.29, 0.717) is 10.8 Å². The summed E-state index contributed by atoms with van der Waals surface area (Å²) < 4.78 is 5.73. The lowest BCUT2D eigenvalue weighted by Gasteiger charge is -2.11. The van der Waals surface area contributed by atoms with Crippen LogP contribution in [0.3, 0.4) is 0 Å². The molecule has 94 valence electrons. The Labute approximate surface area is 112 Å². The van der Waals surface area contributed by atoms with Gasteiger partial charge in [0.1, 0.15) is 11.5 Å². The maximum atomic E-state index is 6.17. The van der Waals surface area contributed by atoms with Gasteiger partial charge in [-0.05, 0) is 43.7 Å². The summed E-state index contributed by atoms with van der Waals surface area (Å²) in [6.07, 6.45) is 0. The largest absolute Gasteiger partial charge is 0.456 e. The molecule has 2 N–H and O–H groups in total. The van der Waals surface area contributed by atoms with Crippen molar-refractivity contribution in [3.8, 4) is 11.5 Å². The molecule has 0 radical (unpaired) electrons. The summed E-state index contributed by atoms with van der Waals surface area (Å²) >= 11 is 6.17. The molecule has 0 aliphatic carbocycles. The zero-order chi connectivity index (χ0) is 13.1. The van der Waals surface area contributed by atoms with Gasteiger partial charge < -0.3 is 10.5 Å². The fourth-order valence-corrected chi connectivity index (χ4v) is 1.84. The topological polar surface area (TPSA) is 35.2 Å². The summed E-state index contributed by atoms with van der Waals surface area (Å²) in [7, 11) is 0. The van der Waals surface area contributed by atoms with Crippen LogP contribution in [-0.2, 0) is 0 Å². The van der Waals surface area contributed by atoms with Crippen molar-refractivity contribution in [3.63, 3.8) is 0 Å². The van der Waals surface area contributed by atoms with Gasteiger partial charge in [0.05, 0.1) is 5.02 Å². The van der Waals surface area contributed by atoms with E-state index in [-0.39, 0.29) is 6.04 Å². The second-order valence-corrected chi connectivity index (χ2v) is 4.80. The highest BCUT2D eigenvalue weighted by Crippen LogP contribution is 2.31. The lowest BCUT2D eigenvalue weighted by Crippen LogP contribution is -2.04. The normalized spacial score (nSPS) is 12.2. The van der Waals surface area contributed by atoms with Crippen LogP contribution < -0.4 is 10.5 Å². The standard InChI is InChI=1S/C15H16ClNO/c1-10-3-6-13(7-4-10)18-15-8-5-12(11(2)17)9-14(15)16/h3-9,11H,17H2,1-2H3/t11-/m0/s1. The third-order valence-corrected chi connectivity index (χ3v) is 3.03.